The number of fused-ring (bicyclic) bond motifs is 1. The molecule has 22 heavy (non-hydrogen) atoms. The number of amides is 1. The highest BCUT2D eigenvalue weighted by molar-refractivity contribution is 6.35. The Morgan fingerprint density at radius 1 is 1.14 bits per heavy atom. The Bertz CT molecular complexity index is 750. The molecule has 112 valence electrons. The normalized spacial score (nSPS) is 14.6. The number of hydrogen-bond acceptors (Lipinski definition) is 3. The molecular weight excluding hydrogens is 278 g/mol. The predicted molar refractivity (Wildman–Crippen MR) is 87.1 cm³/mol. The highest BCUT2D eigenvalue weighted by atomic mass is 16.5. The minimum atomic E-state index is -0.106. The van der Waals surface area contributed by atoms with Crippen LogP contribution in [0.25, 0.3) is 11.6 Å². The lowest BCUT2D eigenvalue weighted by Crippen LogP contribution is -2.03. The number of ether oxygens (including phenoxy) is 2. The first-order valence-corrected chi connectivity index (χ1v) is 7.15. The second-order valence-electron chi connectivity index (χ2n) is 4.93. The Labute approximate surface area is 129 Å². The van der Waals surface area contributed by atoms with E-state index in [1.54, 1.807) is 7.11 Å². The summed E-state index contributed by atoms with van der Waals surface area (Å²) in [5.41, 5.74) is 3.21. The van der Waals surface area contributed by atoms with Crippen LogP contribution in [0.1, 0.15) is 18.1 Å². The first-order valence-electron chi connectivity index (χ1n) is 7.15. The second-order valence-corrected chi connectivity index (χ2v) is 4.93. The monoisotopic (exact) mass is 295 g/mol. The summed E-state index contributed by atoms with van der Waals surface area (Å²) in [7, 11) is 1.61. The summed E-state index contributed by atoms with van der Waals surface area (Å²) in [5, 5.41) is 2.86. The third-order valence-corrected chi connectivity index (χ3v) is 3.49. The Kier molecular flexibility index (Phi) is 3.83. The topological polar surface area (TPSA) is 47.6 Å². The average Bonchev–Trinajstić information content (AvgIpc) is 2.83. The lowest BCUT2D eigenvalue weighted by Gasteiger charge is -2.05. The standard InChI is InChI=1S/C18H17NO3/c1-3-22-14-6-4-5-12(9-14)10-16-15-11-13(21-2)7-8-17(15)19-18(16)20/h4-11H,3H2,1-2H3,(H,19,20)/b16-10+. The molecule has 0 saturated heterocycles. The summed E-state index contributed by atoms with van der Waals surface area (Å²) in [6.07, 6.45) is 1.86. The lowest BCUT2D eigenvalue weighted by atomic mass is 10.0. The molecule has 2 aromatic carbocycles. The molecule has 1 amide bonds. The molecule has 0 saturated carbocycles. The van der Waals surface area contributed by atoms with Crippen molar-refractivity contribution in [2.45, 2.75) is 6.92 Å². The largest absolute Gasteiger partial charge is 0.497 e. The zero-order valence-electron chi connectivity index (χ0n) is 12.6. The van der Waals surface area contributed by atoms with Crippen LogP contribution in [-0.4, -0.2) is 19.6 Å². The van der Waals surface area contributed by atoms with Crippen molar-refractivity contribution in [3.63, 3.8) is 0 Å². The van der Waals surface area contributed by atoms with E-state index in [0.29, 0.717) is 12.2 Å². The minimum absolute atomic E-state index is 0.106. The van der Waals surface area contributed by atoms with Crippen LogP contribution in [0.15, 0.2) is 42.5 Å². The van der Waals surface area contributed by atoms with Gasteiger partial charge in [-0.15, -0.1) is 0 Å². The average molecular weight is 295 g/mol. The van der Waals surface area contributed by atoms with E-state index < -0.39 is 0 Å². The van der Waals surface area contributed by atoms with Crippen molar-refractivity contribution in [3.8, 4) is 11.5 Å². The smallest absolute Gasteiger partial charge is 0.256 e. The van der Waals surface area contributed by atoms with E-state index in [1.165, 1.54) is 0 Å². The van der Waals surface area contributed by atoms with Crippen molar-refractivity contribution in [2.24, 2.45) is 0 Å². The van der Waals surface area contributed by atoms with Gasteiger partial charge in [-0.05, 0) is 48.9 Å². The van der Waals surface area contributed by atoms with E-state index >= 15 is 0 Å². The predicted octanol–water partition coefficient (Wildman–Crippen LogP) is 3.59. The SMILES string of the molecule is CCOc1cccc(/C=C2/C(=O)Nc3ccc(OC)cc32)c1. The molecule has 1 aliphatic heterocycles. The van der Waals surface area contributed by atoms with Crippen molar-refractivity contribution in [2.75, 3.05) is 19.0 Å². The Morgan fingerprint density at radius 2 is 2.00 bits per heavy atom. The number of nitrogens with one attached hydrogen (secondary N) is 1. The molecular formula is C18H17NO3. The summed E-state index contributed by atoms with van der Waals surface area (Å²) in [5.74, 6) is 1.41. The summed E-state index contributed by atoms with van der Waals surface area (Å²) < 4.78 is 10.7. The van der Waals surface area contributed by atoms with Crippen LogP contribution in [0.4, 0.5) is 5.69 Å². The fourth-order valence-corrected chi connectivity index (χ4v) is 2.46. The number of carbonyl (C=O) groups is 1. The maximum absolute atomic E-state index is 12.2. The van der Waals surface area contributed by atoms with E-state index in [-0.39, 0.29) is 5.91 Å². The number of carbonyl (C=O) groups excluding carboxylic acids is 1. The number of anilines is 1. The molecule has 0 aromatic heterocycles. The van der Waals surface area contributed by atoms with Crippen LogP contribution >= 0.6 is 0 Å². The van der Waals surface area contributed by atoms with Gasteiger partial charge in [0.1, 0.15) is 11.5 Å². The summed E-state index contributed by atoms with van der Waals surface area (Å²) in [6, 6.07) is 13.2. The molecule has 1 N–H and O–H groups in total. The number of rotatable bonds is 4. The molecule has 0 fully saturated rings. The van der Waals surface area contributed by atoms with Gasteiger partial charge in [0.25, 0.3) is 5.91 Å². The molecule has 1 aliphatic rings. The second kappa shape index (κ2) is 5.93. The van der Waals surface area contributed by atoms with Crippen molar-refractivity contribution in [3.05, 3.63) is 53.6 Å². The summed E-state index contributed by atoms with van der Waals surface area (Å²) in [4.78, 5) is 12.2. The zero-order chi connectivity index (χ0) is 15.5. The van der Waals surface area contributed by atoms with E-state index in [2.05, 4.69) is 5.32 Å². The van der Waals surface area contributed by atoms with E-state index in [1.807, 2.05) is 55.5 Å². The van der Waals surface area contributed by atoms with Crippen molar-refractivity contribution in [1.82, 2.24) is 0 Å². The van der Waals surface area contributed by atoms with Crippen LogP contribution in [0.2, 0.25) is 0 Å². The first-order chi connectivity index (χ1) is 10.7. The molecule has 4 nitrogen and oxygen atoms in total. The van der Waals surface area contributed by atoms with E-state index in [0.717, 1.165) is 28.3 Å². The maximum atomic E-state index is 12.2. The fraction of sp³-hybridized carbons (Fsp3) is 0.167. The van der Waals surface area contributed by atoms with Crippen molar-refractivity contribution < 1.29 is 14.3 Å². The third-order valence-electron chi connectivity index (χ3n) is 3.49. The van der Waals surface area contributed by atoms with Crippen LogP contribution < -0.4 is 14.8 Å². The number of methoxy groups -OCH3 is 1. The van der Waals surface area contributed by atoms with Crippen LogP contribution in [0, 0.1) is 0 Å². The molecule has 0 aliphatic carbocycles. The van der Waals surface area contributed by atoms with Crippen LogP contribution in [0.5, 0.6) is 11.5 Å². The molecule has 2 aromatic rings. The molecule has 0 atom stereocenters. The van der Waals surface area contributed by atoms with Crippen molar-refractivity contribution in [1.29, 1.82) is 0 Å². The van der Waals surface area contributed by atoms with E-state index in [9.17, 15) is 4.79 Å². The minimum Gasteiger partial charge on any atom is -0.497 e. The van der Waals surface area contributed by atoms with Crippen LogP contribution in [0.3, 0.4) is 0 Å². The summed E-state index contributed by atoms with van der Waals surface area (Å²) in [6.45, 7) is 2.55. The quantitative estimate of drug-likeness (QED) is 0.877. The Morgan fingerprint density at radius 3 is 2.77 bits per heavy atom. The molecule has 0 radical (unpaired) electrons. The number of hydrogen-bond donors (Lipinski definition) is 1. The molecule has 0 spiro atoms. The molecule has 4 heteroatoms. The highest BCUT2D eigenvalue weighted by Gasteiger charge is 2.24. The molecule has 0 bridgehead atoms. The van der Waals surface area contributed by atoms with Crippen LogP contribution in [-0.2, 0) is 4.79 Å². The van der Waals surface area contributed by atoms with Gasteiger partial charge in [0.2, 0.25) is 0 Å². The fourth-order valence-electron chi connectivity index (χ4n) is 2.46. The van der Waals surface area contributed by atoms with Gasteiger partial charge in [0.05, 0.1) is 13.7 Å². The van der Waals surface area contributed by atoms with Gasteiger partial charge >= 0.3 is 0 Å². The zero-order valence-corrected chi connectivity index (χ0v) is 12.6. The molecule has 1 heterocycles. The number of benzene rings is 2. The maximum Gasteiger partial charge on any atom is 0.256 e. The van der Waals surface area contributed by atoms with Gasteiger partial charge in [-0.25, -0.2) is 0 Å². The van der Waals surface area contributed by atoms with Gasteiger partial charge in [0.15, 0.2) is 0 Å². The first kappa shape index (κ1) is 14.2. The van der Waals surface area contributed by atoms with Gasteiger partial charge in [-0.3, -0.25) is 4.79 Å². The molecule has 0 unspecified atom stereocenters. The lowest BCUT2D eigenvalue weighted by molar-refractivity contribution is -0.110. The van der Waals surface area contributed by atoms with Crippen molar-refractivity contribution >= 4 is 23.2 Å². The highest BCUT2D eigenvalue weighted by Crippen LogP contribution is 2.35. The Hall–Kier alpha value is -2.75. The van der Waals surface area contributed by atoms with E-state index in [4.69, 9.17) is 9.47 Å². The Balaban J connectivity index is 2.01. The van der Waals surface area contributed by atoms with Gasteiger partial charge in [0, 0.05) is 16.8 Å². The molecule has 3 rings (SSSR count). The third kappa shape index (κ3) is 2.68. The van der Waals surface area contributed by atoms with Gasteiger partial charge in [-0.1, -0.05) is 12.1 Å². The summed E-state index contributed by atoms with van der Waals surface area (Å²) >= 11 is 0. The van der Waals surface area contributed by atoms with Gasteiger partial charge in [-0.2, -0.15) is 0 Å². The van der Waals surface area contributed by atoms with Gasteiger partial charge < -0.3 is 14.8 Å².